The minimum atomic E-state index is 0.0888. The smallest absolute Gasteiger partial charge is 0.125 e. The highest BCUT2D eigenvalue weighted by Crippen LogP contribution is 2.28. The van der Waals surface area contributed by atoms with Crippen LogP contribution in [0.25, 0.3) is 0 Å². The molecule has 0 saturated carbocycles. The average molecular weight is 237 g/mol. The molecule has 0 aliphatic rings. The lowest BCUT2D eigenvalue weighted by molar-refractivity contribution is 0.641. The van der Waals surface area contributed by atoms with Crippen LogP contribution in [0.2, 0.25) is 0 Å². The van der Waals surface area contributed by atoms with Crippen molar-refractivity contribution in [2.75, 3.05) is 0 Å². The maximum absolute atomic E-state index is 7.52. The molecule has 88 valence electrons. The molecule has 1 unspecified atom stereocenters. The Morgan fingerprint density at radius 2 is 2.00 bits per heavy atom. The Bertz CT molecular complexity index is 388. The molecular weight excluding hydrogens is 218 g/mol. The van der Waals surface area contributed by atoms with Crippen molar-refractivity contribution in [3.63, 3.8) is 0 Å². The third kappa shape index (κ3) is 3.23. The highest BCUT2D eigenvalue weighted by Gasteiger charge is 2.14. The monoisotopic (exact) mass is 237 g/mol. The molecular formula is C12H19N3S. The first kappa shape index (κ1) is 13.0. The van der Waals surface area contributed by atoms with Crippen LogP contribution in [0.4, 0.5) is 0 Å². The van der Waals surface area contributed by atoms with Crippen molar-refractivity contribution in [1.82, 2.24) is 4.98 Å². The van der Waals surface area contributed by atoms with Gasteiger partial charge in [0, 0.05) is 16.5 Å². The zero-order chi connectivity index (χ0) is 12.3. The molecule has 3 N–H and O–H groups in total. The van der Waals surface area contributed by atoms with Crippen LogP contribution in [0, 0.1) is 18.3 Å². The van der Waals surface area contributed by atoms with Crippen LogP contribution in [0.15, 0.2) is 17.2 Å². The summed E-state index contributed by atoms with van der Waals surface area (Å²) in [7, 11) is 0. The first-order valence-electron chi connectivity index (χ1n) is 5.40. The summed E-state index contributed by atoms with van der Waals surface area (Å²) in [5, 5.41) is 8.86. The third-order valence-electron chi connectivity index (χ3n) is 2.53. The van der Waals surface area contributed by atoms with E-state index in [-0.39, 0.29) is 5.84 Å². The molecule has 16 heavy (non-hydrogen) atoms. The molecule has 0 aliphatic heterocycles. The lowest BCUT2D eigenvalue weighted by Gasteiger charge is -2.16. The maximum atomic E-state index is 7.52. The van der Waals surface area contributed by atoms with E-state index in [2.05, 4.69) is 25.8 Å². The third-order valence-corrected chi connectivity index (χ3v) is 3.98. The standard InChI is InChI=1S/C12H19N3S/c1-7(2)9(4)16-12-10(11(13)14)6-5-8(3)15-12/h5-7,9H,1-4H3,(H3,13,14). The van der Waals surface area contributed by atoms with Crippen LogP contribution in [0.3, 0.4) is 0 Å². The molecule has 1 rings (SSSR count). The average Bonchev–Trinajstić information content (AvgIpc) is 2.16. The molecule has 0 amide bonds. The molecule has 0 spiro atoms. The van der Waals surface area contributed by atoms with E-state index in [1.807, 2.05) is 19.1 Å². The number of nitrogens with two attached hydrogens (primary N) is 1. The van der Waals surface area contributed by atoms with Crippen molar-refractivity contribution >= 4 is 17.6 Å². The van der Waals surface area contributed by atoms with Crippen LogP contribution in [0.5, 0.6) is 0 Å². The zero-order valence-electron chi connectivity index (χ0n) is 10.2. The number of nitrogen functional groups attached to an aromatic ring is 1. The number of hydrogen-bond acceptors (Lipinski definition) is 3. The highest BCUT2D eigenvalue weighted by molar-refractivity contribution is 7.99. The Labute approximate surface area is 101 Å². The van der Waals surface area contributed by atoms with E-state index in [1.54, 1.807) is 11.8 Å². The molecule has 1 heterocycles. The molecule has 0 aromatic carbocycles. The van der Waals surface area contributed by atoms with Gasteiger partial charge >= 0.3 is 0 Å². The van der Waals surface area contributed by atoms with Gasteiger partial charge < -0.3 is 5.73 Å². The van der Waals surface area contributed by atoms with Crippen LogP contribution in [0.1, 0.15) is 32.0 Å². The summed E-state index contributed by atoms with van der Waals surface area (Å²) < 4.78 is 0. The Balaban J connectivity index is 3.01. The second-order valence-corrected chi connectivity index (χ2v) is 5.65. The number of nitrogens with zero attached hydrogens (tertiary/aromatic N) is 1. The highest BCUT2D eigenvalue weighted by atomic mass is 32.2. The van der Waals surface area contributed by atoms with Gasteiger partial charge in [0.15, 0.2) is 0 Å². The maximum Gasteiger partial charge on any atom is 0.125 e. The lowest BCUT2D eigenvalue weighted by atomic mass is 10.2. The second kappa shape index (κ2) is 5.34. The number of aromatic nitrogens is 1. The summed E-state index contributed by atoms with van der Waals surface area (Å²) in [6, 6.07) is 3.76. The number of thioether (sulfide) groups is 1. The van der Waals surface area contributed by atoms with E-state index in [4.69, 9.17) is 11.1 Å². The number of nitrogens with one attached hydrogen (secondary N) is 1. The van der Waals surface area contributed by atoms with Crippen molar-refractivity contribution in [3.05, 3.63) is 23.4 Å². The molecule has 0 aliphatic carbocycles. The lowest BCUT2D eigenvalue weighted by Crippen LogP contribution is -2.15. The van der Waals surface area contributed by atoms with E-state index in [9.17, 15) is 0 Å². The minimum absolute atomic E-state index is 0.0888. The van der Waals surface area contributed by atoms with Crippen LogP contribution in [-0.2, 0) is 0 Å². The van der Waals surface area contributed by atoms with Crippen molar-refractivity contribution in [2.45, 2.75) is 38.0 Å². The first-order chi connectivity index (χ1) is 7.41. The second-order valence-electron chi connectivity index (χ2n) is 4.29. The van der Waals surface area contributed by atoms with Gasteiger partial charge in [0.1, 0.15) is 10.9 Å². The van der Waals surface area contributed by atoms with E-state index in [0.717, 1.165) is 16.3 Å². The van der Waals surface area contributed by atoms with Gasteiger partial charge in [-0.3, -0.25) is 5.41 Å². The molecule has 0 fully saturated rings. The normalized spacial score (nSPS) is 12.8. The molecule has 0 bridgehead atoms. The Hall–Kier alpha value is -1.03. The molecule has 3 nitrogen and oxygen atoms in total. The molecule has 0 saturated heterocycles. The van der Waals surface area contributed by atoms with Gasteiger partial charge in [-0.1, -0.05) is 20.8 Å². The SMILES string of the molecule is Cc1ccc(C(=N)N)c(SC(C)C(C)C)n1. The van der Waals surface area contributed by atoms with E-state index >= 15 is 0 Å². The zero-order valence-corrected chi connectivity index (χ0v) is 11.1. The Kier molecular flexibility index (Phi) is 4.35. The number of rotatable bonds is 4. The predicted molar refractivity (Wildman–Crippen MR) is 70.1 cm³/mol. The van der Waals surface area contributed by atoms with E-state index < -0.39 is 0 Å². The van der Waals surface area contributed by atoms with Gasteiger partial charge in [0.25, 0.3) is 0 Å². The van der Waals surface area contributed by atoms with Gasteiger partial charge in [-0.25, -0.2) is 4.98 Å². The van der Waals surface area contributed by atoms with Gasteiger partial charge in [0.05, 0.1) is 0 Å². The summed E-state index contributed by atoms with van der Waals surface area (Å²) in [6.45, 7) is 8.49. The largest absolute Gasteiger partial charge is 0.384 e. The number of aryl methyl sites for hydroxylation is 1. The fraction of sp³-hybridized carbons (Fsp3) is 0.500. The fourth-order valence-electron chi connectivity index (χ4n) is 1.14. The van der Waals surface area contributed by atoms with Crippen molar-refractivity contribution in [3.8, 4) is 0 Å². The van der Waals surface area contributed by atoms with Gasteiger partial charge in [-0.2, -0.15) is 0 Å². The fourth-order valence-corrected chi connectivity index (χ4v) is 2.27. The van der Waals surface area contributed by atoms with E-state index in [0.29, 0.717) is 11.2 Å². The van der Waals surface area contributed by atoms with E-state index in [1.165, 1.54) is 0 Å². The van der Waals surface area contributed by atoms with Crippen LogP contribution >= 0.6 is 11.8 Å². The summed E-state index contributed by atoms with van der Waals surface area (Å²) >= 11 is 1.69. The van der Waals surface area contributed by atoms with Crippen LogP contribution in [-0.4, -0.2) is 16.1 Å². The predicted octanol–water partition coefficient (Wildman–Crippen LogP) is 2.81. The topological polar surface area (TPSA) is 62.8 Å². The summed E-state index contributed by atoms with van der Waals surface area (Å²) in [4.78, 5) is 4.46. The number of hydrogen-bond donors (Lipinski definition) is 2. The summed E-state index contributed by atoms with van der Waals surface area (Å²) in [5.74, 6) is 0.665. The minimum Gasteiger partial charge on any atom is -0.384 e. The quantitative estimate of drug-likeness (QED) is 0.481. The molecule has 1 aromatic heterocycles. The molecule has 4 heteroatoms. The summed E-state index contributed by atoms with van der Waals surface area (Å²) in [6.07, 6.45) is 0. The molecule has 1 atom stereocenters. The van der Waals surface area contributed by atoms with Crippen molar-refractivity contribution < 1.29 is 0 Å². The van der Waals surface area contributed by atoms with Crippen molar-refractivity contribution in [2.24, 2.45) is 11.7 Å². The molecule has 1 aromatic rings. The number of pyridine rings is 1. The molecule has 0 radical (unpaired) electrons. The van der Waals surface area contributed by atoms with Gasteiger partial charge in [0.2, 0.25) is 0 Å². The number of amidine groups is 1. The van der Waals surface area contributed by atoms with Gasteiger partial charge in [-0.05, 0) is 25.0 Å². The summed E-state index contributed by atoms with van der Waals surface area (Å²) in [5.41, 5.74) is 7.25. The van der Waals surface area contributed by atoms with Crippen LogP contribution < -0.4 is 5.73 Å². The first-order valence-corrected chi connectivity index (χ1v) is 6.28. The van der Waals surface area contributed by atoms with Gasteiger partial charge in [-0.15, -0.1) is 11.8 Å². The van der Waals surface area contributed by atoms with Crippen molar-refractivity contribution in [1.29, 1.82) is 5.41 Å². The Morgan fingerprint density at radius 3 is 2.50 bits per heavy atom. The Morgan fingerprint density at radius 1 is 1.38 bits per heavy atom.